The zero-order chi connectivity index (χ0) is 17.2. The average Bonchev–Trinajstić information content (AvgIpc) is 3.40. The van der Waals surface area contributed by atoms with Crippen LogP contribution >= 0.6 is 11.6 Å². The monoisotopic (exact) mass is 344 g/mol. The lowest BCUT2D eigenvalue weighted by atomic mass is 9.88. The molecule has 3 nitrogen and oxygen atoms in total. The van der Waals surface area contributed by atoms with Gasteiger partial charge in [0, 0.05) is 30.4 Å². The number of nitrogens with one attached hydrogen (secondary N) is 1. The van der Waals surface area contributed by atoms with Gasteiger partial charge in [-0.1, -0.05) is 31.5 Å². The Hall–Kier alpha value is -1.58. The Morgan fingerprint density at radius 1 is 1.25 bits per heavy atom. The molecule has 0 spiro atoms. The molecule has 0 radical (unpaired) electrons. The van der Waals surface area contributed by atoms with Crippen LogP contribution in [0.1, 0.15) is 49.4 Å². The van der Waals surface area contributed by atoms with Gasteiger partial charge in [0.15, 0.2) is 0 Å². The van der Waals surface area contributed by atoms with Crippen LogP contribution in [0, 0.1) is 0 Å². The van der Waals surface area contributed by atoms with Crippen LogP contribution in [0.25, 0.3) is 0 Å². The van der Waals surface area contributed by atoms with Gasteiger partial charge in [-0.25, -0.2) is 0 Å². The first-order valence-electron chi connectivity index (χ1n) is 8.49. The SMILES string of the molecule is COc1ccc(C2CC2)c(CNCC(C)(C)c2ccc(Cl)cn2)c1. The summed E-state index contributed by atoms with van der Waals surface area (Å²) in [6.07, 6.45) is 4.32. The van der Waals surface area contributed by atoms with Gasteiger partial charge in [-0.3, -0.25) is 4.98 Å². The van der Waals surface area contributed by atoms with Crippen LogP contribution in [0.4, 0.5) is 0 Å². The molecule has 1 aliphatic rings. The van der Waals surface area contributed by atoms with E-state index in [2.05, 4.69) is 42.3 Å². The van der Waals surface area contributed by atoms with E-state index in [4.69, 9.17) is 16.3 Å². The van der Waals surface area contributed by atoms with Crippen LogP contribution in [-0.4, -0.2) is 18.6 Å². The van der Waals surface area contributed by atoms with E-state index < -0.39 is 0 Å². The molecular weight excluding hydrogens is 320 g/mol. The van der Waals surface area contributed by atoms with E-state index in [1.807, 2.05) is 12.1 Å². The number of halogens is 1. The lowest BCUT2D eigenvalue weighted by Gasteiger charge is -2.25. The van der Waals surface area contributed by atoms with E-state index in [0.717, 1.165) is 30.5 Å². The van der Waals surface area contributed by atoms with E-state index in [-0.39, 0.29) is 5.41 Å². The zero-order valence-electron chi connectivity index (χ0n) is 14.6. The maximum atomic E-state index is 5.94. The minimum Gasteiger partial charge on any atom is -0.497 e. The quantitative estimate of drug-likeness (QED) is 0.791. The Balaban J connectivity index is 1.66. The molecule has 0 amide bonds. The number of pyridine rings is 1. The Bertz CT molecular complexity index is 693. The van der Waals surface area contributed by atoms with Crippen LogP contribution in [-0.2, 0) is 12.0 Å². The van der Waals surface area contributed by atoms with Gasteiger partial charge in [0.05, 0.1) is 12.1 Å². The topological polar surface area (TPSA) is 34.1 Å². The average molecular weight is 345 g/mol. The number of rotatable bonds is 7. The first kappa shape index (κ1) is 17.2. The van der Waals surface area contributed by atoms with Crippen molar-refractivity contribution in [1.82, 2.24) is 10.3 Å². The van der Waals surface area contributed by atoms with E-state index >= 15 is 0 Å². The molecular formula is C20H25ClN2O. The van der Waals surface area contributed by atoms with E-state index in [1.54, 1.807) is 13.3 Å². The first-order chi connectivity index (χ1) is 11.5. The van der Waals surface area contributed by atoms with Crippen molar-refractivity contribution < 1.29 is 4.74 Å². The Morgan fingerprint density at radius 3 is 2.67 bits per heavy atom. The highest BCUT2D eigenvalue weighted by Crippen LogP contribution is 2.42. The van der Waals surface area contributed by atoms with Crippen LogP contribution in [0.5, 0.6) is 5.75 Å². The van der Waals surface area contributed by atoms with Crippen molar-refractivity contribution in [2.24, 2.45) is 0 Å². The third-order valence-corrected chi connectivity index (χ3v) is 4.89. The molecule has 1 aromatic carbocycles. The third kappa shape index (κ3) is 4.08. The van der Waals surface area contributed by atoms with E-state index in [9.17, 15) is 0 Å². The van der Waals surface area contributed by atoms with Gasteiger partial charge in [-0.2, -0.15) is 0 Å². The number of benzene rings is 1. The summed E-state index contributed by atoms with van der Waals surface area (Å²) in [4.78, 5) is 4.47. The molecule has 1 aromatic heterocycles. The molecule has 0 atom stereocenters. The predicted molar refractivity (Wildman–Crippen MR) is 98.9 cm³/mol. The van der Waals surface area contributed by atoms with Crippen molar-refractivity contribution in [3.05, 3.63) is 58.4 Å². The van der Waals surface area contributed by atoms with Crippen LogP contribution < -0.4 is 10.1 Å². The first-order valence-corrected chi connectivity index (χ1v) is 8.87. The molecule has 3 rings (SSSR count). The Kier molecular flexibility index (Phi) is 5.12. The fourth-order valence-corrected chi connectivity index (χ4v) is 3.14. The summed E-state index contributed by atoms with van der Waals surface area (Å²) in [5.41, 5.74) is 3.80. The lowest BCUT2D eigenvalue weighted by Crippen LogP contribution is -2.33. The molecule has 24 heavy (non-hydrogen) atoms. The summed E-state index contributed by atoms with van der Waals surface area (Å²) < 4.78 is 5.39. The largest absolute Gasteiger partial charge is 0.497 e. The van der Waals surface area contributed by atoms with Crippen molar-refractivity contribution in [1.29, 1.82) is 0 Å². The maximum Gasteiger partial charge on any atom is 0.119 e. The van der Waals surface area contributed by atoms with Crippen LogP contribution in [0.3, 0.4) is 0 Å². The van der Waals surface area contributed by atoms with Gasteiger partial charge < -0.3 is 10.1 Å². The van der Waals surface area contributed by atoms with Crippen LogP contribution in [0.15, 0.2) is 36.5 Å². The summed E-state index contributed by atoms with van der Waals surface area (Å²) in [7, 11) is 1.72. The van der Waals surface area contributed by atoms with Gasteiger partial charge >= 0.3 is 0 Å². The highest BCUT2D eigenvalue weighted by Gasteiger charge is 2.26. The molecule has 0 aliphatic heterocycles. The highest BCUT2D eigenvalue weighted by molar-refractivity contribution is 6.30. The normalized spacial score (nSPS) is 14.7. The molecule has 0 bridgehead atoms. The number of ether oxygens (including phenoxy) is 1. The minimum atomic E-state index is -0.0524. The molecule has 2 aromatic rings. The van der Waals surface area contributed by atoms with Crippen LogP contribution in [0.2, 0.25) is 5.02 Å². The number of hydrogen-bond acceptors (Lipinski definition) is 3. The molecule has 128 valence electrons. The van der Waals surface area contributed by atoms with E-state index in [1.165, 1.54) is 24.0 Å². The van der Waals surface area contributed by atoms with Crippen molar-refractivity contribution >= 4 is 11.6 Å². The summed E-state index contributed by atoms with van der Waals surface area (Å²) in [6, 6.07) is 10.4. The number of methoxy groups -OCH3 is 1. The second-order valence-electron chi connectivity index (χ2n) is 7.19. The summed E-state index contributed by atoms with van der Waals surface area (Å²) in [6.45, 7) is 6.09. The number of nitrogens with zero attached hydrogens (tertiary/aromatic N) is 1. The molecule has 1 aliphatic carbocycles. The molecule has 1 heterocycles. The summed E-state index contributed by atoms with van der Waals surface area (Å²) >= 11 is 5.94. The van der Waals surface area contributed by atoms with Crippen molar-refractivity contribution in [3.8, 4) is 5.75 Å². The van der Waals surface area contributed by atoms with Gasteiger partial charge in [0.1, 0.15) is 5.75 Å². The van der Waals surface area contributed by atoms with Gasteiger partial charge in [0.25, 0.3) is 0 Å². The molecule has 4 heteroatoms. The molecule has 1 N–H and O–H groups in total. The fourth-order valence-electron chi connectivity index (χ4n) is 3.03. The zero-order valence-corrected chi connectivity index (χ0v) is 15.4. The lowest BCUT2D eigenvalue weighted by molar-refractivity contribution is 0.413. The Labute approximate surface area is 149 Å². The minimum absolute atomic E-state index is 0.0524. The van der Waals surface area contributed by atoms with Crippen molar-refractivity contribution in [2.45, 2.75) is 44.6 Å². The third-order valence-electron chi connectivity index (χ3n) is 4.67. The smallest absolute Gasteiger partial charge is 0.119 e. The summed E-state index contributed by atoms with van der Waals surface area (Å²) in [5.74, 6) is 1.66. The number of hydrogen-bond donors (Lipinski definition) is 1. The Morgan fingerprint density at radius 2 is 2.04 bits per heavy atom. The van der Waals surface area contributed by atoms with Crippen molar-refractivity contribution in [2.75, 3.05) is 13.7 Å². The predicted octanol–water partition coefficient (Wildman–Crippen LogP) is 4.69. The molecule has 0 saturated heterocycles. The fraction of sp³-hybridized carbons (Fsp3) is 0.450. The molecule has 1 saturated carbocycles. The van der Waals surface area contributed by atoms with E-state index in [0.29, 0.717) is 5.02 Å². The van der Waals surface area contributed by atoms with Gasteiger partial charge in [0.2, 0.25) is 0 Å². The molecule has 1 fully saturated rings. The summed E-state index contributed by atoms with van der Waals surface area (Å²) in [5, 5.41) is 4.27. The maximum absolute atomic E-state index is 5.94. The number of aromatic nitrogens is 1. The second-order valence-corrected chi connectivity index (χ2v) is 7.62. The van der Waals surface area contributed by atoms with Gasteiger partial charge in [-0.15, -0.1) is 0 Å². The molecule has 0 unspecified atom stereocenters. The standard InChI is InChI=1S/C20H25ClN2O/c1-20(2,19-9-6-16(21)12-23-19)13-22-11-15-10-17(24-3)7-8-18(15)14-4-5-14/h6-10,12,14,22H,4-5,11,13H2,1-3H3. The van der Waals surface area contributed by atoms with Gasteiger partial charge in [-0.05, 0) is 54.2 Å². The highest BCUT2D eigenvalue weighted by atomic mass is 35.5. The van der Waals surface area contributed by atoms with Crippen molar-refractivity contribution in [3.63, 3.8) is 0 Å². The second kappa shape index (κ2) is 7.12.